The minimum Gasteiger partial charge on any atom is -0.338 e. The summed E-state index contributed by atoms with van der Waals surface area (Å²) in [5.41, 5.74) is 2.96. The van der Waals surface area contributed by atoms with E-state index in [9.17, 15) is 14.0 Å². The number of hydrogen-bond donors (Lipinski definition) is 1. The summed E-state index contributed by atoms with van der Waals surface area (Å²) in [5, 5.41) is 3.00. The van der Waals surface area contributed by atoms with Crippen LogP contribution in [0.4, 0.5) is 4.39 Å². The Balaban J connectivity index is 2.27. The number of likely N-dealkylation sites (N-methyl/N-ethyl adjacent to an activating group) is 2. The van der Waals surface area contributed by atoms with Gasteiger partial charge < -0.3 is 10.2 Å². The summed E-state index contributed by atoms with van der Waals surface area (Å²) in [6.07, 6.45) is 0.424. The molecule has 0 aliphatic rings. The monoisotopic (exact) mass is 382 g/mol. The van der Waals surface area contributed by atoms with Crippen LogP contribution in [0.3, 0.4) is 0 Å². The molecule has 5 heteroatoms. The van der Waals surface area contributed by atoms with Gasteiger partial charge in [-0.1, -0.05) is 36.9 Å². The van der Waals surface area contributed by atoms with E-state index >= 15 is 0 Å². The molecule has 0 fully saturated rings. The lowest BCUT2D eigenvalue weighted by molar-refractivity contribution is 0.0761. The van der Waals surface area contributed by atoms with Gasteiger partial charge in [0.05, 0.1) is 5.56 Å². The zero-order valence-electron chi connectivity index (χ0n) is 16.7. The van der Waals surface area contributed by atoms with Gasteiger partial charge in [0.15, 0.2) is 5.78 Å². The highest BCUT2D eigenvalue weighted by molar-refractivity contribution is 5.99. The first-order chi connectivity index (χ1) is 13.4. The lowest BCUT2D eigenvalue weighted by Gasteiger charge is -2.21. The van der Waals surface area contributed by atoms with Crippen LogP contribution in [0.5, 0.6) is 0 Å². The predicted molar refractivity (Wildman–Crippen MR) is 111 cm³/mol. The number of ketones is 1. The summed E-state index contributed by atoms with van der Waals surface area (Å²) in [6.45, 7) is 9.14. The van der Waals surface area contributed by atoms with Crippen LogP contribution in [0, 0.1) is 5.82 Å². The van der Waals surface area contributed by atoms with Gasteiger partial charge in [0.25, 0.3) is 5.91 Å². The molecule has 0 heterocycles. The summed E-state index contributed by atoms with van der Waals surface area (Å²) in [6, 6.07) is 11.8. The minimum atomic E-state index is -0.536. The maximum atomic E-state index is 14.3. The van der Waals surface area contributed by atoms with Crippen LogP contribution < -0.4 is 5.32 Å². The molecule has 0 saturated heterocycles. The van der Waals surface area contributed by atoms with Gasteiger partial charge in [-0.3, -0.25) is 9.59 Å². The number of carbonyl (C=O) groups excluding carboxylic acids is 2. The molecule has 2 rings (SSSR count). The van der Waals surface area contributed by atoms with E-state index in [0.29, 0.717) is 31.6 Å². The van der Waals surface area contributed by atoms with Gasteiger partial charge in [-0.15, -0.1) is 0 Å². The van der Waals surface area contributed by atoms with Gasteiger partial charge in [-0.05, 0) is 56.1 Å². The van der Waals surface area contributed by atoms with Crippen molar-refractivity contribution in [1.82, 2.24) is 10.2 Å². The third-order valence-corrected chi connectivity index (χ3v) is 4.67. The Kier molecular flexibility index (Phi) is 7.64. The Morgan fingerprint density at radius 3 is 2.39 bits per heavy atom. The van der Waals surface area contributed by atoms with Crippen LogP contribution in [0.25, 0.3) is 5.57 Å². The van der Waals surface area contributed by atoms with E-state index in [4.69, 9.17) is 0 Å². The second-order valence-corrected chi connectivity index (χ2v) is 6.68. The van der Waals surface area contributed by atoms with Gasteiger partial charge >= 0.3 is 0 Å². The van der Waals surface area contributed by atoms with E-state index in [0.717, 1.165) is 16.7 Å². The van der Waals surface area contributed by atoms with Crippen molar-refractivity contribution in [3.63, 3.8) is 0 Å². The maximum absolute atomic E-state index is 14.3. The fourth-order valence-corrected chi connectivity index (χ4v) is 3.11. The molecule has 4 nitrogen and oxygen atoms in total. The average molecular weight is 382 g/mol. The molecule has 0 radical (unpaired) electrons. The molecular formula is C23H27FN2O2. The SMILES string of the molecule is C=C(Cc1ccc(F)c(C(=O)N(CC)CCNC)c1)c1ccccc1C(C)=O. The highest BCUT2D eigenvalue weighted by atomic mass is 19.1. The summed E-state index contributed by atoms with van der Waals surface area (Å²) < 4.78 is 14.3. The highest BCUT2D eigenvalue weighted by Crippen LogP contribution is 2.23. The number of hydrogen-bond acceptors (Lipinski definition) is 3. The average Bonchev–Trinajstić information content (AvgIpc) is 2.69. The zero-order chi connectivity index (χ0) is 20.7. The first-order valence-electron chi connectivity index (χ1n) is 9.39. The molecule has 0 aliphatic carbocycles. The summed E-state index contributed by atoms with van der Waals surface area (Å²) in [5.74, 6) is -0.895. The Morgan fingerprint density at radius 2 is 1.79 bits per heavy atom. The van der Waals surface area contributed by atoms with Crippen LogP contribution in [-0.2, 0) is 6.42 Å². The van der Waals surface area contributed by atoms with Gasteiger partial charge in [-0.2, -0.15) is 0 Å². The van der Waals surface area contributed by atoms with Gasteiger partial charge in [0.1, 0.15) is 5.82 Å². The van der Waals surface area contributed by atoms with Crippen molar-refractivity contribution in [3.05, 3.63) is 77.1 Å². The number of halogens is 1. The quantitative estimate of drug-likeness (QED) is 0.668. The Morgan fingerprint density at radius 1 is 1.11 bits per heavy atom. The summed E-state index contributed by atoms with van der Waals surface area (Å²) in [7, 11) is 1.81. The lowest BCUT2D eigenvalue weighted by atomic mass is 9.93. The molecule has 0 aromatic heterocycles. The van der Waals surface area contributed by atoms with Crippen LogP contribution >= 0.6 is 0 Å². The molecule has 0 aliphatic heterocycles. The number of benzene rings is 2. The zero-order valence-corrected chi connectivity index (χ0v) is 16.7. The van der Waals surface area contributed by atoms with Crippen molar-refractivity contribution < 1.29 is 14.0 Å². The number of rotatable bonds is 9. The fourth-order valence-electron chi connectivity index (χ4n) is 3.11. The van der Waals surface area contributed by atoms with Gasteiger partial charge in [0, 0.05) is 25.2 Å². The number of carbonyl (C=O) groups is 2. The third kappa shape index (κ3) is 5.14. The normalized spacial score (nSPS) is 10.6. The van der Waals surface area contributed by atoms with E-state index < -0.39 is 5.82 Å². The molecule has 0 saturated carbocycles. The summed E-state index contributed by atoms with van der Waals surface area (Å²) in [4.78, 5) is 26.2. The smallest absolute Gasteiger partial charge is 0.256 e. The molecule has 1 amide bonds. The Bertz CT molecular complexity index is 877. The second-order valence-electron chi connectivity index (χ2n) is 6.68. The molecule has 148 valence electrons. The topological polar surface area (TPSA) is 49.4 Å². The molecular weight excluding hydrogens is 355 g/mol. The van der Waals surface area contributed by atoms with E-state index in [1.165, 1.54) is 13.0 Å². The second kappa shape index (κ2) is 9.95. The molecule has 0 spiro atoms. The molecule has 0 bridgehead atoms. The third-order valence-electron chi connectivity index (χ3n) is 4.67. The highest BCUT2D eigenvalue weighted by Gasteiger charge is 2.19. The van der Waals surface area contributed by atoms with Crippen molar-refractivity contribution in [2.45, 2.75) is 20.3 Å². The van der Waals surface area contributed by atoms with Crippen LogP contribution in [0.1, 0.15) is 45.7 Å². The minimum absolute atomic E-state index is 0.0326. The van der Waals surface area contributed by atoms with Crippen LogP contribution in [0.2, 0.25) is 0 Å². The van der Waals surface area contributed by atoms with Crippen LogP contribution in [0.15, 0.2) is 49.0 Å². The molecule has 0 atom stereocenters. The van der Waals surface area contributed by atoms with E-state index in [2.05, 4.69) is 11.9 Å². The molecule has 28 heavy (non-hydrogen) atoms. The van der Waals surface area contributed by atoms with Crippen molar-refractivity contribution >= 4 is 17.3 Å². The van der Waals surface area contributed by atoms with Crippen molar-refractivity contribution in [2.24, 2.45) is 0 Å². The van der Waals surface area contributed by atoms with Gasteiger partial charge in [-0.25, -0.2) is 4.39 Å². The van der Waals surface area contributed by atoms with E-state index in [1.807, 2.05) is 32.2 Å². The first-order valence-corrected chi connectivity index (χ1v) is 9.39. The number of nitrogens with one attached hydrogen (secondary N) is 1. The summed E-state index contributed by atoms with van der Waals surface area (Å²) >= 11 is 0. The van der Waals surface area contributed by atoms with E-state index in [-0.39, 0.29) is 17.3 Å². The fraction of sp³-hybridized carbons (Fsp3) is 0.304. The number of Topliss-reactive ketones (excluding diaryl/α,β-unsaturated/α-hetero) is 1. The molecule has 1 N–H and O–H groups in total. The van der Waals surface area contributed by atoms with Crippen molar-refractivity contribution in [1.29, 1.82) is 0 Å². The van der Waals surface area contributed by atoms with Crippen molar-refractivity contribution in [2.75, 3.05) is 26.7 Å². The lowest BCUT2D eigenvalue weighted by Crippen LogP contribution is -2.36. The maximum Gasteiger partial charge on any atom is 0.256 e. The van der Waals surface area contributed by atoms with Crippen LogP contribution in [-0.4, -0.2) is 43.3 Å². The van der Waals surface area contributed by atoms with E-state index in [1.54, 1.807) is 23.1 Å². The Labute approximate surface area is 166 Å². The largest absolute Gasteiger partial charge is 0.338 e. The molecule has 0 unspecified atom stereocenters. The standard InChI is InChI=1S/C23H27FN2O2/c1-5-26(13-12-25-4)23(28)21-15-18(10-11-22(21)24)14-16(2)19-8-6-7-9-20(19)17(3)27/h6-11,15,25H,2,5,12-14H2,1,3-4H3. The number of nitrogens with zero attached hydrogens (tertiary/aromatic N) is 1. The van der Waals surface area contributed by atoms with Gasteiger partial charge in [0.2, 0.25) is 0 Å². The molecule has 2 aromatic carbocycles. The number of allylic oxidation sites excluding steroid dienone is 1. The number of amides is 1. The Hall–Kier alpha value is -2.79. The predicted octanol–water partition coefficient (Wildman–Crippen LogP) is 3.97. The molecule has 2 aromatic rings. The first kappa shape index (κ1) is 21.5. The van der Waals surface area contributed by atoms with Crippen molar-refractivity contribution in [3.8, 4) is 0 Å².